The summed E-state index contributed by atoms with van der Waals surface area (Å²) >= 11 is 0. The Kier molecular flexibility index (Phi) is 6.56. The van der Waals surface area contributed by atoms with E-state index in [1.165, 1.54) is 14.0 Å². The molecule has 1 amide bonds. The molecule has 0 spiro atoms. The third kappa shape index (κ3) is 5.67. The topological polar surface area (TPSA) is 55.4 Å². The van der Waals surface area contributed by atoms with Gasteiger partial charge in [-0.1, -0.05) is 48.2 Å². The van der Waals surface area contributed by atoms with Gasteiger partial charge in [0.1, 0.15) is 0 Å². The highest BCUT2D eigenvalue weighted by Crippen LogP contribution is 2.13. The highest BCUT2D eigenvalue weighted by Gasteiger charge is 2.11. The van der Waals surface area contributed by atoms with Crippen molar-refractivity contribution in [2.24, 2.45) is 0 Å². The van der Waals surface area contributed by atoms with Crippen LogP contribution in [0, 0.1) is 11.8 Å². The molecule has 0 atom stereocenters. The number of esters is 1. The summed E-state index contributed by atoms with van der Waals surface area (Å²) in [5, 5.41) is 2.61. The lowest BCUT2D eigenvalue weighted by Crippen LogP contribution is -2.25. The first-order valence-corrected chi connectivity index (χ1v) is 7.79. The number of carbonyl (C=O) groups is 2. The van der Waals surface area contributed by atoms with Crippen LogP contribution in [0.25, 0.3) is 6.08 Å². The van der Waals surface area contributed by atoms with Crippen LogP contribution in [-0.2, 0) is 14.3 Å². The van der Waals surface area contributed by atoms with Crippen LogP contribution in [0.15, 0.2) is 60.2 Å². The molecule has 0 saturated heterocycles. The molecule has 0 aliphatic carbocycles. The van der Waals surface area contributed by atoms with E-state index in [0.29, 0.717) is 5.57 Å². The highest BCUT2D eigenvalue weighted by atomic mass is 16.5. The smallest absolute Gasteiger partial charge is 0.335 e. The van der Waals surface area contributed by atoms with Gasteiger partial charge in [-0.2, -0.15) is 0 Å². The summed E-state index contributed by atoms with van der Waals surface area (Å²) in [4.78, 5) is 23.1. The van der Waals surface area contributed by atoms with Crippen molar-refractivity contribution in [2.75, 3.05) is 13.7 Å². The molecule has 0 aromatic heterocycles. The molecule has 25 heavy (non-hydrogen) atoms. The average molecular weight is 333 g/mol. The van der Waals surface area contributed by atoms with E-state index in [0.717, 1.165) is 16.7 Å². The Bertz CT molecular complexity index is 842. The summed E-state index contributed by atoms with van der Waals surface area (Å²) in [6.07, 6.45) is 1.69. The van der Waals surface area contributed by atoms with Crippen LogP contribution in [0.3, 0.4) is 0 Å². The van der Waals surface area contributed by atoms with Crippen molar-refractivity contribution in [3.63, 3.8) is 0 Å². The number of carbonyl (C=O) groups excluding carboxylic acids is 2. The van der Waals surface area contributed by atoms with Crippen molar-refractivity contribution in [3.8, 4) is 11.8 Å². The molecule has 0 aliphatic heterocycles. The molecule has 0 aliphatic rings. The van der Waals surface area contributed by atoms with Gasteiger partial charge >= 0.3 is 5.97 Å². The van der Waals surface area contributed by atoms with Gasteiger partial charge in [0.05, 0.1) is 12.7 Å². The fraction of sp³-hybridized carbons (Fsp3) is 0.143. The van der Waals surface area contributed by atoms with Crippen LogP contribution in [0.2, 0.25) is 0 Å². The van der Waals surface area contributed by atoms with Gasteiger partial charge in [-0.3, -0.25) is 4.79 Å². The van der Waals surface area contributed by atoms with Crippen LogP contribution in [-0.4, -0.2) is 25.5 Å². The van der Waals surface area contributed by atoms with Crippen molar-refractivity contribution in [2.45, 2.75) is 6.92 Å². The summed E-state index contributed by atoms with van der Waals surface area (Å²) in [6, 6.07) is 17.2. The van der Waals surface area contributed by atoms with Crippen LogP contribution >= 0.6 is 0 Å². The predicted octanol–water partition coefficient (Wildman–Crippen LogP) is 2.78. The van der Waals surface area contributed by atoms with Crippen LogP contribution < -0.4 is 5.32 Å². The van der Waals surface area contributed by atoms with E-state index in [4.69, 9.17) is 4.74 Å². The lowest BCUT2D eigenvalue weighted by molar-refractivity contribution is -0.136. The zero-order valence-corrected chi connectivity index (χ0v) is 14.2. The average Bonchev–Trinajstić information content (AvgIpc) is 2.64. The summed E-state index contributed by atoms with van der Waals surface area (Å²) in [7, 11) is 1.31. The fourth-order valence-electron chi connectivity index (χ4n) is 2.12. The molecule has 0 radical (unpaired) electrons. The van der Waals surface area contributed by atoms with Gasteiger partial charge < -0.3 is 10.1 Å². The maximum absolute atomic E-state index is 11.9. The molecular weight excluding hydrogens is 314 g/mol. The number of methoxy groups -OCH3 is 1. The quantitative estimate of drug-likeness (QED) is 0.532. The molecule has 0 saturated carbocycles. The van der Waals surface area contributed by atoms with Gasteiger partial charge in [0.15, 0.2) is 0 Å². The van der Waals surface area contributed by atoms with E-state index in [-0.39, 0.29) is 12.5 Å². The lowest BCUT2D eigenvalue weighted by atomic mass is 10.0. The number of hydrogen-bond acceptors (Lipinski definition) is 3. The summed E-state index contributed by atoms with van der Waals surface area (Å²) < 4.78 is 4.79. The Morgan fingerprint density at radius 1 is 1.04 bits per heavy atom. The van der Waals surface area contributed by atoms with E-state index < -0.39 is 5.97 Å². The standard InChI is InChI=1S/C21H19NO3/c1-16(23)22-15-20(21(24)25-2)14-19-11-7-6-10-18(19)13-12-17-8-4-3-5-9-17/h3-11,14H,15H2,1-2H3,(H,22,23)/b20-14+. The fourth-order valence-corrected chi connectivity index (χ4v) is 2.12. The number of benzene rings is 2. The van der Waals surface area contributed by atoms with Crippen molar-refractivity contribution >= 4 is 18.0 Å². The molecule has 2 aromatic carbocycles. The molecule has 2 aromatic rings. The highest BCUT2D eigenvalue weighted by molar-refractivity contribution is 5.95. The van der Waals surface area contributed by atoms with Gasteiger partial charge in [-0.05, 0) is 29.8 Å². The third-order valence-electron chi connectivity index (χ3n) is 3.38. The number of nitrogens with one attached hydrogen (secondary N) is 1. The van der Waals surface area contributed by atoms with Gasteiger partial charge in [-0.15, -0.1) is 0 Å². The molecule has 0 bridgehead atoms. The van der Waals surface area contributed by atoms with E-state index >= 15 is 0 Å². The minimum absolute atomic E-state index is 0.0997. The molecule has 126 valence electrons. The number of amides is 1. The van der Waals surface area contributed by atoms with Crippen molar-refractivity contribution < 1.29 is 14.3 Å². The van der Waals surface area contributed by atoms with Crippen LogP contribution in [0.5, 0.6) is 0 Å². The second-order valence-corrected chi connectivity index (χ2v) is 5.27. The van der Waals surface area contributed by atoms with Gasteiger partial charge in [0.25, 0.3) is 0 Å². The summed E-state index contributed by atoms with van der Waals surface area (Å²) in [6.45, 7) is 1.50. The van der Waals surface area contributed by atoms with Gasteiger partial charge in [0, 0.05) is 24.6 Å². The normalized spacial score (nSPS) is 10.4. The van der Waals surface area contributed by atoms with Crippen molar-refractivity contribution in [1.82, 2.24) is 5.32 Å². The number of hydrogen-bond donors (Lipinski definition) is 1. The number of rotatable bonds is 4. The van der Waals surface area contributed by atoms with E-state index in [2.05, 4.69) is 17.2 Å². The molecule has 0 fully saturated rings. The van der Waals surface area contributed by atoms with Crippen molar-refractivity contribution in [3.05, 3.63) is 76.9 Å². The van der Waals surface area contributed by atoms with Gasteiger partial charge in [0.2, 0.25) is 5.91 Å². The first-order chi connectivity index (χ1) is 12.1. The second-order valence-electron chi connectivity index (χ2n) is 5.27. The largest absolute Gasteiger partial charge is 0.466 e. The Morgan fingerprint density at radius 3 is 2.40 bits per heavy atom. The minimum atomic E-state index is -0.487. The zero-order valence-electron chi connectivity index (χ0n) is 14.2. The molecule has 4 nitrogen and oxygen atoms in total. The first kappa shape index (κ1) is 18.0. The maximum atomic E-state index is 11.9. The van der Waals surface area contributed by atoms with Crippen LogP contribution in [0.1, 0.15) is 23.6 Å². The predicted molar refractivity (Wildman–Crippen MR) is 97.5 cm³/mol. The molecular formula is C21H19NO3. The zero-order chi connectivity index (χ0) is 18.1. The molecule has 0 heterocycles. The van der Waals surface area contributed by atoms with E-state index in [1.807, 2.05) is 54.6 Å². The monoisotopic (exact) mass is 333 g/mol. The van der Waals surface area contributed by atoms with Gasteiger partial charge in [-0.25, -0.2) is 4.79 Å². The Labute approximate surface area is 147 Å². The minimum Gasteiger partial charge on any atom is -0.466 e. The summed E-state index contributed by atoms with van der Waals surface area (Å²) in [5.74, 6) is 5.52. The summed E-state index contributed by atoms with van der Waals surface area (Å²) in [5.41, 5.74) is 2.84. The van der Waals surface area contributed by atoms with Crippen molar-refractivity contribution in [1.29, 1.82) is 0 Å². The van der Waals surface area contributed by atoms with E-state index in [9.17, 15) is 9.59 Å². The Balaban J connectivity index is 2.36. The molecule has 1 N–H and O–H groups in total. The SMILES string of the molecule is COC(=O)/C(=C/c1ccccc1C#Cc1ccccc1)CNC(C)=O. The second kappa shape index (κ2) is 9.09. The Morgan fingerprint density at radius 2 is 1.72 bits per heavy atom. The maximum Gasteiger partial charge on any atom is 0.335 e. The van der Waals surface area contributed by atoms with Crippen LogP contribution in [0.4, 0.5) is 0 Å². The molecule has 0 unspecified atom stereocenters. The molecule has 4 heteroatoms. The molecule has 2 rings (SSSR count). The Hall–Kier alpha value is -3.32. The van der Waals surface area contributed by atoms with E-state index in [1.54, 1.807) is 6.08 Å². The number of ether oxygens (including phenoxy) is 1. The third-order valence-corrected chi connectivity index (χ3v) is 3.38. The lowest BCUT2D eigenvalue weighted by Gasteiger charge is -2.07. The first-order valence-electron chi connectivity index (χ1n) is 7.79.